The van der Waals surface area contributed by atoms with Gasteiger partial charge in [0.2, 0.25) is 0 Å². The highest BCUT2D eigenvalue weighted by Crippen LogP contribution is 2.44. The van der Waals surface area contributed by atoms with Gasteiger partial charge in [0.25, 0.3) is 5.91 Å². The lowest BCUT2D eigenvalue weighted by Crippen LogP contribution is -2.45. The van der Waals surface area contributed by atoms with Gasteiger partial charge in [-0.15, -0.1) is 0 Å². The van der Waals surface area contributed by atoms with Crippen LogP contribution in [0.4, 0.5) is 11.4 Å². The first-order chi connectivity index (χ1) is 13.6. The Kier molecular flexibility index (Phi) is 5.93. The second-order valence-corrected chi connectivity index (χ2v) is 8.89. The molecule has 6 heteroatoms. The Balaban J connectivity index is 1.95. The van der Waals surface area contributed by atoms with Crippen LogP contribution in [0.3, 0.4) is 0 Å². The Bertz CT molecular complexity index is 1040. The Hall–Kier alpha value is -2.48. The van der Waals surface area contributed by atoms with Gasteiger partial charge in [-0.05, 0) is 73.7 Å². The Morgan fingerprint density at radius 3 is 2.69 bits per heavy atom. The highest BCUT2D eigenvalue weighted by Gasteiger charge is 2.34. The number of amides is 1. The van der Waals surface area contributed by atoms with Gasteiger partial charge in [0, 0.05) is 34.0 Å². The smallest absolute Gasteiger partial charge is 0.266 e. The topological polar surface area (TPSA) is 56.1 Å². The van der Waals surface area contributed by atoms with E-state index in [4.69, 9.17) is 23.2 Å². The quantitative estimate of drug-likeness (QED) is 0.464. The zero-order chi connectivity index (χ0) is 21.3. The first-order valence-corrected chi connectivity index (χ1v) is 10.1. The largest absolute Gasteiger partial charge is 0.369 e. The summed E-state index contributed by atoms with van der Waals surface area (Å²) in [6.45, 7) is 6.61. The number of carbonyl (C=O) groups excluding carboxylic acids is 1. The maximum absolute atomic E-state index is 12.6. The molecule has 1 aliphatic heterocycles. The molecule has 1 N–H and O–H groups in total. The van der Waals surface area contributed by atoms with Crippen molar-refractivity contribution in [3.63, 3.8) is 0 Å². The Morgan fingerprint density at radius 2 is 2.03 bits per heavy atom. The van der Waals surface area contributed by atoms with Crippen LogP contribution in [0, 0.1) is 11.3 Å². The van der Waals surface area contributed by atoms with Gasteiger partial charge >= 0.3 is 0 Å². The predicted octanol–water partition coefficient (Wildman–Crippen LogP) is 6.26. The van der Waals surface area contributed by atoms with Gasteiger partial charge < -0.3 is 10.2 Å². The van der Waals surface area contributed by atoms with Crippen LogP contribution in [0.15, 0.2) is 42.0 Å². The van der Waals surface area contributed by atoms with Gasteiger partial charge in [0.05, 0.1) is 0 Å². The van der Waals surface area contributed by atoms with Crippen molar-refractivity contribution in [3.05, 3.63) is 63.1 Å². The minimum Gasteiger partial charge on any atom is -0.369 e. The van der Waals surface area contributed by atoms with Crippen LogP contribution in [0.1, 0.15) is 44.2 Å². The average Bonchev–Trinajstić information content (AvgIpc) is 2.64. The number of nitrogens with one attached hydrogen (secondary N) is 1. The highest BCUT2D eigenvalue weighted by atomic mass is 35.5. The van der Waals surface area contributed by atoms with Gasteiger partial charge in [0.15, 0.2) is 0 Å². The van der Waals surface area contributed by atoms with Gasteiger partial charge in [-0.1, -0.05) is 36.2 Å². The van der Waals surface area contributed by atoms with E-state index in [9.17, 15) is 10.1 Å². The first-order valence-electron chi connectivity index (χ1n) is 9.38. The summed E-state index contributed by atoms with van der Waals surface area (Å²) in [6, 6.07) is 12.7. The number of nitrogens with zero attached hydrogens (tertiary/aromatic N) is 2. The molecule has 0 saturated carbocycles. The molecule has 4 nitrogen and oxygen atoms in total. The van der Waals surface area contributed by atoms with Crippen molar-refractivity contribution in [2.24, 2.45) is 0 Å². The molecular formula is C23H23Cl2N3O. The molecule has 0 fully saturated rings. The van der Waals surface area contributed by atoms with Gasteiger partial charge in [-0.3, -0.25) is 4.79 Å². The fourth-order valence-electron chi connectivity index (χ4n) is 3.78. The van der Waals surface area contributed by atoms with Crippen molar-refractivity contribution in [3.8, 4) is 6.07 Å². The fraction of sp³-hybridized carbons (Fsp3) is 0.304. The van der Waals surface area contributed by atoms with Crippen LogP contribution >= 0.6 is 23.2 Å². The summed E-state index contributed by atoms with van der Waals surface area (Å²) in [4.78, 5) is 14.8. The molecular weight excluding hydrogens is 405 g/mol. The number of benzene rings is 2. The number of anilines is 2. The minimum absolute atomic E-state index is 0.0241. The molecule has 0 spiro atoms. The monoisotopic (exact) mass is 427 g/mol. The van der Waals surface area contributed by atoms with Gasteiger partial charge in [-0.25, -0.2) is 0 Å². The van der Waals surface area contributed by atoms with E-state index in [1.54, 1.807) is 24.3 Å². The van der Waals surface area contributed by atoms with E-state index in [0.717, 1.165) is 17.7 Å². The minimum atomic E-state index is -0.505. The van der Waals surface area contributed by atoms with E-state index < -0.39 is 5.91 Å². The third kappa shape index (κ3) is 4.42. The fourth-order valence-corrected chi connectivity index (χ4v) is 4.19. The number of carbonyl (C=O) groups is 1. The van der Waals surface area contributed by atoms with Gasteiger partial charge in [-0.2, -0.15) is 5.26 Å². The average molecular weight is 428 g/mol. The maximum atomic E-state index is 12.6. The van der Waals surface area contributed by atoms with E-state index in [2.05, 4.69) is 38.0 Å². The molecule has 3 rings (SSSR count). The molecule has 0 saturated heterocycles. The Labute approximate surface area is 181 Å². The van der Waals surface area contributed by atoms with Crippen LogP contribution in [0.5, 0.6) is 0 Å². The highest BCUT2D eigenvalue weighted by molar-refractivity contribution is 6.32. The number of rotatable bonds is 3. The molecule has 29 heavy (non-hydrogen) atoms. The molecule has 1 heterocycles. The second kappa shape index (κ2) is 8.10. The summed E-state index contributed by atoms with van der Waals surface area (Å²) in [5.74, 6) is -0.165. The predicted molar refractivity (Wildman–Crippen MR) is 121 cm³/mol. The van der Waals surface area contributed by atoms with Crippen molar-refractivity contribution >= 4 is 46.6 Å². The summed E-state index contributed by atoms with van der Waals surface area (Å²) in [7, 11) is 2.07. The van der Waals surface area contributed by atoms with Crippen LogP contribution in [-0.4, -0.2) is 18.5 Å². The zero-order valence-electron chi connectivity index (χ0n) is 16.9. The molecule has 1 unspecified atom stereocenters. The van der Waals surface area contributed by atoms with Crippen molar-refractivity contribution in [1.29, 1.82) is 5.26 Å². The summed E-state index contributed by atoms with van der Waals surface area (Å²) in [5.41, 5.74) is 3.43. The lowest BCUT2D eigenvalue weighted by molar-refractivity contribution is -0.112. The summed E-state index contributed by atoms with van der Waals surface area (Å²) in [6.07, 6.45) is 2.54. The standard InChI is InChI=1S/C23H23Cl2N3O/c1-14-12-23(2,3)28(4)21-11-20(25)15(9-19(14)21)8-16(13-26)22(29)27-18-7-5-6-17(24)10-18/h5-11,14H,12H2,1-4H3,(H,27,29)/b16-8-. The molecule has 1 amide bonds. The molecule has 0 aliphatic carbocycles. The van der Waals surface area contributed by atoms with Crippen LogP contribution < -0.4 is 10.2 Å². The van der Waals surface area contributed by atoms with E-state index >= 15 is 0 Å². The molecule has 0 aromatic heterocycles. The van der Waals surface area contributed by atoms with E-state index in [1.807, 2.05) is 18.2 Å². The molecule has 150 valence electrons. The molecule has 2 aromatic rings. The van der Waals surface area contributed by atoms with Crippen LogP contribution in [0.25, 0.3) is 6.08 Å². The van der Waals surface area contributed by atoms with Crippen LogP contribution in [-0.2, 0) is 4.79 Å². The number of fused-ring (bicyclic) bond motifs is 1. The van der Waals surface area contributed by atoms with Crippen molar-refractivity contribution < 1.29 is 4.79 Å². The van der Waals surface area contributed by atoms with Crippen molar-refractivity contribution in [2.45, 2.75) is 38.6 Å². The summed E-state index contributed by atoms with van der Waals surface area (Å²) >= 11 is 12.5. The number of hydrogen-bond acceptors (Lipinski definition) is 3. The maximum Gasteiger partial charge on any atom is 0.266 e. The molecule has 1 atom stereocenters. The molecule has 0 bridgehead atoms. The van der Waals surface area contributed by atoms with E-state index in [-0.39, 0.29) is 11.1 Å². The summed E-state index contributed by atoms with van der Waals surface area (Å²) < 4.78 is 0. The molecule has 1 aliphatic rings. The lowest BCUT2D eigenvalue weighted by atomic mass is 9.80. The summed E-state index contributed by atoms with van der Waals surface area (Å²) in [5, 5.41) is 13.2. The van der Waals surface area contributed by atoms with E-state index in [1.165, 1.54) is 6.08 Å². The number of halogens is 2. The number of hydrogen-bond donors (Lipinski definition) is 1. The van der Waals surface area contributed by atoms with Crippen molar-refractivity contribution in [2.75, 3.05) is 17.3 Å². The van der Waals surface area contributed by atoms with Crippen LogP contribution in [0.2, 0.25) is 10.0 Å². The SMILES string of the molecule is CC1CC(C)(C)N(C)c2cc(Cl)c(/C=C(/C#N)C(=O)Nc3cccc(Cl)c3)cc21. The van der Waals surface area contributed by atoms with Crippen molar-refractivity contribution in [1.82, 2.24) is 0 Å². The second-order valence-electron chi connectivity index (χ2n) is 8.04. The third-order valence-corrected chi connectivity index (χ3v) is 6.06. The normalized spacial score (nSPS) is 18.0. The lowest BCUT2D eigenvalue weighted by Gasteiger charge is -2.45. The number of nitriles is 1. The van der Waals surface area contributed by atoms with E-state index in [0.29, 0.717) is 27.2 Å². The molecule has 2 aromatic carbocycles. The first kappa shape index (κ1) is 21.2. The molecule has 0 radical (unpaired) electrons. The Morgan fingerprint density at radius 1 is 1.31 bits per heavy atom. The zero-order valence-corrected chi connectivity index (χ0v) is 18.4. The van der Waals surface area contributed by atoms with Gasteiger partial charge in [0.1, 0.15) is 11.6 Å². The third-order valence-electron chi connectivity index (χ3n) is 5.50.